The lowest BCUT2D eigenvalue weighted by molar-refractivity contribution is -0.126. The first kappa shape index (κ1) is 20.0. The molecule has 1 aromatic carbocycles. The second-order valence-corrected chi connectivity index (χ2v) is 7.81. The van der Waals surface area contributed by atoms with Crippen molar-refractivity contribution in [3.05, 3.63) is 23.8 Å². The molecule has 0 bridgehead atoms. The monoisotopic (exact) mass is 374 g/mol. The highest BCUT2D eigenvalue weighted by Gasteiger charge is 2.26. The standard InChI is InChI=1S/C22H34N2O3/c1-26-20-12-11-18(15-21(20)27-2)19(24-13-7-4-8-14-24)16-23-22(25)17-9-5-3-6-10-17/h11-12,15,17,19H,3-10,13-14,16H2,1-2H3,(H,23,25). The van der Waals surface area contributed by atoms with Gasteiger partial charge >= 0.3 is 0 Å². The van der Waals surface area contributed by atoms with Gasteiger partial charge in [0.1, 0.15) is 0 Å². The Morgan fingerprint density at radius 1 is 1.04 bits per heavy atom. The smallest absolute Gasteiger partial charge is 0.223 e. The van der Waals surface area contributed by atoms with E-state index in [1.54, 1.807) is 14.2 Å². The van der Waals surface area contributed by atoms with Gasteiger partial charge in [0.15, 0.2) is 11.5 Å². The molecular formula is C22H34N2O3. The Morgan fingerprint density at radius 2 is 1.70 bits per heavy atom. The van der Waals surface area contributed by atoms with Crippen molar-refractivity contribution in [2.24, 2.45) is 5.92 Å². The molecule has 1 saturated carbocycles. The number of ether oxygens (including phenoxy) is 2. The van der Waals surface area contributed by atoms with E-state index in [-0.39, 0.29) is 17.9 Å². The average molecular weight is 375 g/mol. The Labute approximate surface area is 163 Å². The zero-order chi connectivity index (χ0) is 19.1. The summed E-state index contributed by atoms with van der Waals surface area (Å²) in [6.07, 6.45) is 9.45. The van der Waals surface area contributed by atoms with E-state index < -0.39 is 0 Å². The second-order valence-electron chi connectivity index (χ2n) is 7.81. The number of benzene rings is 1. The summed E-state index contributed by atoms with van der Waals surface area (Å²) < 4.78 is 10.9. The molecule has 5 nitrogen and oxygen atoms in total. The van der Waals surface area contributed by atoms with E-state index in [9.17, 15) is 4.79 Å². The first-order chi connectivity index (χ1) is 13.2. The number of hydrogen-bond donors (Lipinski definition) is 1. The maximum atomic E-state index is 12.7. The summed E-state index contributed by atoms with van der Waals surface area (Å²) >= 11 is 0. The van der Waals surface area contributed by atoms with Crippen LogP contribution in [0, 0.1) is 5.92 Å². The fraction of sp³-hybridized carbons (Fsp3) is 0.682. The zero-order valence-electron chi connectivity index (χ0n) is 16.8. The Morgan fingerprint density at radius 3 is 2.37 bits per heavy atom. The number of piperidine rings is 1. The number of rotatable bonds is 7. The van der Waals surface area contributed by atoms with Crippen LogP contribution in [0.25, 0.3) is 0 Å². The third-order valence-electron chi connectivity index (χ3n) is 6.07. The molecule has 0 spiro atoms. The molecule has 2 fully saturated rings. The van der Waals surface area contributed by atoms with Gasteiger partial charge in [0.05, 0.1) is 20.3 Å². The van der Waals surface area contributed by atoms with Gasteiger partial charge < -0.3 is 14.8 Å². The molecule has 1 heterocycles. The van der Waals surface area contributed by atoms with Crippen LogP contribution in [-0.4, -0.2) is 44.7 Å². The van der Waals surface area contributed by atoms with Gasteiger partial charge in [-0.05, 0) is 56.5 Å². The maximum absolute atomic E-state index is 12.7. The number of hydrogen-bond acceptors (Lipinski definition) is 4. The predicted molar refractivity (Wildman–Crippen MR) is 107 cm³/mol. The van der Waals surface area contributed by atoms with Gasteiger partial charge in [-0.2, -0.15) is 0 Å². The molecule has 1 amide bonds. The summed E-state index contributed by atoms with van der Waals surface area (Å²) in [7, 11) is 3.33. The van der Waals surface area contributed by atoms with E-state index in [1.807, 2.05) is 6.07 Å². The molecule has 0 aromatic heterocycles. The minimum Gasteiger partial charge on any atom is -0.493 e. The van der Waals surface area contributed by atoms with Crippen molar-refractivity contribution in [1.29, 1.82) is 0 Å². The minimum absolute atomic E-state index is 0.178. The highest BCUT2D eigenvalue weighted by atomic mass is 16.5. The molecule has 1 aliphatic heterocycles. The van der Waals surface area contributed by atoms with Crippen LogP contribution in [0.2, 0.25) is 0 Å². The molecule has 1 unspecified atom stereocenters. The van der Waals surface area contributed by atoms with Crippen molar-refractivity contribution in [3.63, 3.8) is 0 Å². The summed E-state index contributed by atoms with van der Waals surface area (Å²) in [5.74, 6) is 1.92. The van der Waals surface area contributed by atoms with Crippen LogP contribution in [0.15, 0.2) is 18.2 Å². The molecule has 27 heavy (non-hydrogen) atoms. The molecule has 1 N–H and O–H groups in total. The lowest BCUT2D eigenvalue weighted by atomic mass is 9.88. The van der Waals surface area contributed by atoms with E-state index in [2.05, 4.69) is 22.3 Å². The summed E-state index contributed by atoms with van der Waals surface area (Å²) in [4.78, 5) is 15.2. The molecular weight excluding hydrogens is 340 g/mol. The van der Waals surface area contributed by atoms with Crippen molar-refractivity contribution in [3.8, 4) is 11.5 Å². The highest BCUT2D eigenvalue weighted by molar-refractivity contribution is 5.78. The lowest BCUT2D eigenvalue weighted by Crippen LogP contribution is -2.42. The van der Waals surface area contributed by atoms with E-state index in [0.717, 1.165) is 37.4 Å². The summed E-state index contributed by atoms with van der Waals surface area (Å²) in [5, 5.41) is 3.26. The predicted octanol–water partition coefficient (Wildman–Crippen LogP) is 3.93. The Balaban J connectivity index is 1.73. The van der Waals surface area contributed by atoms with Crippen LogP contribution >= 0.6 is 0 Å². The SMILES string of the molecule is COc1ccc(C(CNC(=O)C2CCCCC2)N2CCCCC2)cc1OC. The quantitative estimate of drug-likeness (QED) is 0.786. The molecule has 1 aliphatic carbocycles. The number of carbonyl (C=O) groups excluding carboxylic acids is 1. The van der Waals surface area contributed by atoms with Crippen molar-refractivity contribution >= 4 is 5.91 Å². The number of carbonyl (C=O) groups is 1. The summed E-state index contributed by atoms with van der Waals surface area (Å²) in [6, 6.07) is 6.31. The molecule has 0 radical (unpaired) electrons. The first-order valence-electron chi connectivity index (χ1n) is 10.5. The van der Waals surface area contributed by atoms with Crippen LogP contribution in [0.4, 0.5) is 0 Å². The lowest BCUT2D eigenvalue weighted by Gasteiger charge is -2.35. The number of nitrogens with one attached hydrogen (secondary N) is 1. The van der Waals surface area contributed by atoms with E-state index in [0.29, 0.717) is 6.54 Å². The Kier molecular flexibility index (Phi) is 7.39. The fourth-order valence-corrected chi connectivity index (χ4v) is 4.45. The number of likely N-dealkylation sites (tertiary alicyclic amines) is 1. The van der Waals surface area contributed by atoms with Gasteiger partial charge in [-0.1, -0.05) is 31.7 Å². The number of amides is 1. The van der Waals surface area contributed by atoms with Crippen molar-refractivity contribution in [1.82, 2.24) is 10.2 Å². The minimum atomic E-state index is 0.178. The van der Waals surface area contributed by atoms with Gasteiger partial charge in [-0.3, -0.25) is 9.69 Å². The molecule has 150 valence electrons. The summed E-state index contributed by atoms with van der Waals surface area (Å²) in [6.45, 7) is 2.82. The normalized spacial score (nSPS) is 20.1. The molecule has 3 rings (SSSR count). The van der Waals surface area contributed by atoms with Gasteiger partial charge in [-0.15, -0.1) is 0 Å². The molecule has 2 aliphatic rings. The van der Waals surface area contributed by atoms with E-state index >= 15 is 0 Å². The largest absolute Gasteiger partial charge is 0.493 e. The van der Waals surface area contributed by atoms with E-state index in [1.165, 1.54) is 44.1 Å². The number of methoxy groups -OCH3 is 2. The van der Waals surface area contributed by atoms with E-state index in [4.69, 9.17) is 9.47 Å². The Hall–Kier alpha value is -1.75. The third-order valence-corrected chi connectivity index (χ3v) is 6.07. The maximum Gasteiger partial charge on any atom is 0.223 e. The highest BCUT2D eigenvalue weighted by Crippen LogP contribution is 2.33. The summed E-state index contributed by atoms with van der Waals surface area (Å²) in [5.41, 5.74) is 1.18. The molecule has 1 saturated heterocycles. The zero-order valence-corrected chi connectivity index (χ0v) is 16.8. The molecule has 5 heteroatoms. The van der Waals surface area contributed by atoms with Crippen LogP contribution in [0.3, 0.4) is 0 Å². The van der Waals surface area contributed by atoms with Crippen molar-refractivity contribution < 1.29 is 14.3 Å². The topological polar surface area (TPSA) is 50.8 Å². The fourth-order valence-electron chi connectivity index (χ4n) is 4.45. The van der Waals surface area contributed by atoms with Crippen LogP contribution in [0.1, 0.15) is 63.0 Å². The van der Waals surface area contributed by atoms with Crippen molar-refractivity contribution in [2.45, 2.75) is 57.4 Å². The van der Waals surface area contributed by atoms with Crippen LogP contribution in [-0.2, 0) is 4.79 Å². The molecule has 1 aromatic rings. The first-order valence-corrected chi connectivity index (χ1v) is 10.5. The second kappa shape index (κ2) is 9.98. The van der Waals surface area contributed by atoms with Crippen LogP contribution in [0.5, 0.6) is 11.5 Å². The van der Waals surface area contributed by atoms with Gasteiger partial charge in [0, 0.05) is 12.5 Å². The average Bonchev–Trinajstić information content (AvgIpc) is 2.75. The van der Waals surface area contributed by atoms with Gasteiger partial charge in [0.25, 0.3) is 0 Å². The Bertz CT molecular complexity index is 608. The van der Waals surface area contributed by atoms with Crippen molar-refractivity contribution in [2.75, 3.05) is 33.9 Å². The van der Waals surface area contributed by atoms with Crippen LogP contribution < -0.4 is 14.8 Å². The third kappa shape index (κ3) is 5.16. The van der Waals surface area contributed by atoms with Gasteiger partial charge in [-0.25, -0.2) is 0 Å². The molecule has 1 atom stereocenters. The van der Waals surface area contributed by atoms with Gasteiger partial charge in [0.2, 0.25) is 5.91 Å². The number of nitrogens with zero attached hydrogens (tertiary/aromatic N) is 1.